The second-order valence-electron chi connectivity index (χ2n) is 26.5. The summed E-state index contributed by atoms with van der Waals surface area (Å²) >= 11 is 0. The normalized spacial score (nSPS) is 14.4. The Morgan fingerprint density at radius 1 is 0.458 bits per heavy atom. The highest BCUT2D eigenvalue weighted by molar-refractivity contribution is 6.45. The average molecular weight is 1470 g/mol. The minimum Gasteiger partial charge on any atom is -1.00 e. The first-order chi connectivity index (χ1) is 48.6. The van der Waals surface area contributed by atoms with Gasteiger partial charge in [-0.15, -0.1) is 0 Å². The molecule has 107 heavy (non-hydrogen) atoms. The third-order valence-corrected chi connectivity index (χ3v) is 17.0. The van der Waals surface area contributed by atoms with Crippen LogP contribution in [0.5, 0.6) is 0 Å². The second-order valence-corrected chi connectivity index (χ2v) is 26.5. The number of aryl methyl sites for hydroxylation is 7. The number of likely N-dealkylation sites (N-methyl/N-ethyl adjacent to an activating group) is 2. The van der Waals surface area contributed by atoms with Crippen LogP contribution in [0.4, 0.5) is 27.5 Å². The first kappa shape index (κ1) is 85.8. The number of ether oxygens (including phenoxy) is 1. The van der Waals surface area contributed by atoms with Gasteiger partial charge in [-0.25, -0.2) is 24.4 Å². The van der Waals surface area contributed by atoms with Crippen LogP contribution in [-0.4, -0.2) is 144 Å². The van der Waals surface area contributed by atoms with Crippen molar-refractivity contribution in [1.82, 2.24) is 30.2 Å². The molecule has 0 atom stereocenters. The van der Waals surface area contributed by atoms with Gasteiger partial charge in [0.25, 0.3) is 35.4 Å². The maximum Gasteiger partial charge on any atom is 0.407 e. The number of hydrogen-bond donors (Lipinski definition) is 6. The molecule has 0 unspecified atom stereocenters. The molecule has 4 aromatic heterocycles. The molecule has 0 fully saturated rings. The quantitative estimate of drug-likeness (QED) is 0.0464. The first-order valence-corrected chi connectivity index (χ1v) is 33.1. The summed E-state index contributed by atoms with van der Waals surface area (Å²) in [6.45, 7) is 13.8. The molecule has 4 aliphatic rings. The van der Waals surface area contributed by atoms with Gasteiger partial charge in [0.1, 0.15) is 13.2 Å². The van der Waals surface area contributed by atoms with Gasteiger partial charge in [-0.1, -0.05) is 133 Å². The number of alkyl carbamates (subject to hydrolysis) is 1. The molecule has 0 saturated heterocycles. The number of benzene rings is 5. The minimum atomic E-state index is -0.726. The van der Waals surface area contributed by atoms with Crippen molar-refractivity contribution < 1.29 is 64.8 Å². The number of anilines is 4. The molecule has 13 rings (SSSR count). The molecule has 562 valence electrons. The van der Waals surface area contributed by atoms with Gasteiger partial charge in [0, 0.05) is 68.3 Å². The maximum atomic E-state index is 13.2. The standard InChI is InChI=1S/C25H23N3O4.C20H23N3O2.C19H21N3O2.C16H15N3O2.4CH4.ClH/c1-16-12-17(2)27-21(16)13-20-19-10-6-7-11-22(19)28(24(20)30)23(29)14-26-25(31)32-15-18-8-4-3-5-9-18;1-13-10-14(2)21-17(13)11-16-15-8-6-7-9-18(15)22(20(16)25)19(24)12-23(3,4)5;1-12-9-13(2)20-16(12)10-15-14-7-5-6-8-17(14)22(19(15)24)18(23)11-21(3)4;1-10-6-7-18-13(10)8-12-11-4-2-3-5-14(11)19(16(12)21)15(20)9-17;;;;;/h3-13,27H,14-15H2,1-2H3,(H,26,31);6-11H,12H2,1-5H3;5-10,20H,11H2,1-4H3;2-8,18H,9,17H2,1H3;4*1H4;1H/b20-13-;;15-10-;12-8-;;;;;. The minimum absolute atomic E-state index is 0. The van der Waals surface area contributed by atoms with Crippen LogP contribution in [0.15, 0.2) is 158 Å². The van der Waals surface area contributed by atoms with E-state index < -0.39 is 23.8 Å². The fourth-order valence-electron chi connectivity index (χ4n) is 12.3. The lowest BCUT2D eigenvalue weighted by atomic mass is 10.1. The van der Waals surface area contributed by atoms with E-state index in [9.17, 15) is 43.2 Å². The number of para-hydroxylation sites is 4. The van der Waals surface area contributed by atoms with Crippen molar-refractivity contribution in [1.29, 1.82) is 0 Å². The van der Waals surface area contributed by atoms with E-state index in [-0.39, 0.29) is 104 Å². The zero-order valence-corrected chi connectivity index (χ0v) is 60.3. The third-order valence-electron chi connectivity index (χ3n) is 17.0. The van der Waals surface area contributed by atoms with Gasteiger partial charge in [-0.05, 0) is 163 Å². The highest BCUT2D eigenvalue weighted by Gasteiger charge is 2.41. The number of aromatic amines is 4. The number of carbonyl (C=O) groups excluding carboxylic acids is 9. The van der Waals surface area contributed by atoms with E-state index in [1.165, 1.54) is 9.80 Å². The van der Waals surface area contributed by atoms with Crippen molar-refractivity contribution in [2.24, 2.45) is 5.73 Å². The Bertz CT molecular complexity index is 4920. The number of fused-ring (bicyclic) bond motifs is 4. The van der Waals surface area contributed by atoms with Gasteiger partial charge in [0.05, 0.1) is 79.3 Å². The molecule has 4 aliphatic heterocycles. The molecule has 5 aromatic carbocycles. The molecule has 0 radical (unpaired) electrons. The molecule has 9 aromatic rings. The van der Waals surface area contributed by atoms with Crippen LogP contribution in [0.25, 0.3) is 46.6 Å². The summed E-state index contributed by atoms with van der Waals surface area (Å²) in [4.78, 5) is 133. The molecular formula is C84H99ClN12O10. The number of nitrogens with zero attached hydrogens (tertiary/aromatic N) is 6. The molecule has 23 heteroatoms. The predicted octanol–water partition coefficient (Wildman–Crippen LogP) is 10.6. The van der Waals surface area contributed by atoms with E-state index in [2.05, 4.69) is 25.3 Å². The van der Waals surface area contributed by atoms with Crippen molar-refractivity contribution in [2.45, 2.75) is 84.8 Å². The van der Waals surface area contributed by atoms with Crippen LogP contribution in [0.1, 0.15) is 120 Å². The molecule has 0 aliphatic carbocycles. The Labute approximate surface area is 633 Å². The molecule has 7 N–H and O–H groups in total. The van der Waals surface area contributed by atoms with Crippen LogP contribution in [0.2, 0.25) is 0 Å². The van der Waals surface area contributed by atoms with Crippen molar-refractivity contribution in [3.63, 3.8) is 0 Å². The van der Waals surface area contributed by atoms with Crippen molar-refractivity contribution in [3.8, 4) is 0 Å². The first-order valence-electron chi connectivity index (χ1n) is 33.1. The summed E-state index contributed by atoms with van der Waals surface area (Å²) in [5, 5.41) is 2.43. The third kappa shape index (κ3) is 19.4. The lowest BCUT2D eigenvalue weighted by Gasteiger charge is -2.25. The zero-order chi connectivity index (χ0) is 73.4. The smallest absolute Gasteiger partial charge is 0.407 e. The number of H-pyrrole nitrogens is 4. The number of imide groups is 4. The van der Waals surface area contributed by atoms with E-state index in [0.29, 0.717) is 55.1 Å². The summed E-state index contributed by atoms with van der Waals surface area (Å²) < 4.78 is 5.60. The van der Waals surface area contributed by atoms with E-state index in [1.54, 1.807) is 47.4 Å². The van der Waals surface area contributed by atoms with Crippen molar-refractivity contribution in [3.05, 3.63) is 248 Å². The van der Waals surface area contributed by atoms with Crippen LogP contribution in [-0.2, 0) is 49.7 Å². The molecule has 0 saturated carbocycles. The predicted molar refractivity (Wildman–Crippen MR) is 426 cm³/mol. The monoisotopic (exact) mass is 1470 g/mol. The molecule has 0 spiro atoms. The number of rotatable bonds is 13. The van der Waals surface area contributed by atoms with Crippen LogP contribution in [0.3, 0.4) is 0 Å². The highest BCUT2D eigenvalue weighted by Crippen LogP contribution is 2.42. The summed E-state index contributed by atoms with van der Waals surface area (Å²) in [6.07, 6.45) is 8.32. The van der Waals surface area contributed by atoms with Crippen LogP contribution >= 0.6 is 0 Å². The topological polar surface area (TPSA) is 280 Å². The van der Waals surface area contributed by atoms with Crippen molar-refractivity contribution in [2.75, 3.05) is 81.0 Å². The van der Waals surface area contributed by atoms with E-state index in [4.69, 9.17) is 10.5 Å². The summed E-state index contributed by atoms with van der Waals surface area (Å²) in [5.41, 5.74) is 24.4. The Morgan fingerprint density at radius 3 is 1.12 bits per heavy atom. The molecular weight excluding hydrogens is 1370 g/mol. The number of amides is 9. The van der Waals surface area contributed by atoms with Crippen LogP contribution < -0.4 is 43.1 Å². The van der Waals surface area contributed by atoms with E-state index in [0.717, 1.165) is 94.2 Å². The highest BCUT2D eigenvalue weighted by atomic mass is 35.5. The molecule has 0 bridgehead atoms. The fraction of sp³-hybridized carbons (Fsp3) is 0.250. The number of halogens is 1. The molecule has 9 amide bonds. The SMILES string of the molecule is C.C.C.C.Cc1cc(C)c(/C=C2\C(=O)N(C(=O)CN(C)C)c3ccccc32)[nH]1.Cc1cc(C)c(/C=C2\C(=O)N(C(=O)CNC(=O)OCc3ccccc3)c3ccccc32)[nH]1.Cc1cc(C)c(/C=C2\C(=O)N(C(=O)C[N+](C)(C)C)c3ccccc32)[nH]1.Cc1cc[nH]c1/C=C1\C(=O)N(C(=O)CN)c2ccccc21.[Cl-]. The lowest BCUT2D eigenvalue weighted by molar-refractivity contribution is -0.862. The Hall–Kier alpha value is -11.8. The fourth-order valence-corrected chi connectivity index (χ4v) is 12.3. The second kappa shape index (κ2) is 36.7. The van der Waals surface area contributed by atoms with Gasteiger partial charge < -0.3 is 57.5 Å². The Kier molecular flexibility index (Phi) is 29.5. The number of carbonyl (C=O) groups is 9. The van der Waals surface area contributed by atoms with Gasteiger partial charge >= 0.3 is 6.09 Å². The number of quaternary nitrogens is 1. The van der Waals surface area contributed by atoms with E-state index in [1.807, 2.05) is 223 Å². The van der Waals surface area contributed by atoms with Crippen molar-refractivity contribution >= 4 is 123 Å². The van der Waals surface area contributed by atoms with Gasteiger partial charge in [-0.2, -0.15) is 0 Å². The van der Waals surface area contributed by atoms with Crippen LogP contribution in [0, 0.1) is 48.5 Å². The maximum absolute atomic E-state index is 13.2. The largest absolute Gasteiger partial charge is 1.00 e. The van der Waals surface area contributed by atoms with Gasteiger partial charge in [0.2, 0.25) is 11.8 Å². The summed E-state index contributed by atoms with van der Waals surface area (Å²) in [6, 6.07) is 46.4. The average Bonchev–Trinajstić information content (AvgIpc) is 1.64. The number of nitrogens with one attached hydrogen (secondary N) is 5. The number of hydrogen-bond acceptors (Lipinski definition) is 12. The summed E-state index contributed by atoms with van der Waals surface area (Å²) in [5.74, 6) is -2.64. The lowest BCUT2D eigenvalue weighted by Crippen LogP contribution is -3.00. The molecule has 22 nitrogen and oxygen atoms in total. The Balaban J connectivity index is 0.000000255. The molecule has 8 heterocycles. The van der Waals surface area contributed by atoms with Gasteiger partial charge in [-0.3, -0.25) is 38.4 Å². The van der Waals surface area contributed by atoms with E-state index >= 15 is 0 Å². The number of aromatic nitrogens is 4. The van der Waals surface area contributed by atoms with Gasteiger partial charge in [0.15, 0.2) is 6.54 Å². The Morgan fingerprint density at radius 2 is 0.794 bits per heavy atom. The number of nitrogens with two attached hydrogens (primary N) is 1. The zero-order valence-electron chi connectivity index (χ0n) is 59.6. The summed E-state index contributed by atoms with van der Waals surface area (Å²) in [7, 11) is 9.43.